The number of aromatic nitrogens is 1. The highest BCUT2D eigenvalue weighted by Crippen LogP contribution is 2.15. The Kier molecular flexibility index (Phi) is 3.25. The van der Waals surface area contributed by atoms with Crippen molar-refractivity contribution in [3.8, 4) is 5.69 Å². The van der Waals surface area contributed by atoms with E-state index in [2.05, 4.69) is 0 Å². The number of benzene rings is 1. The topological polar surface area (TPSA) is 51.5 Å². The Morgan fingerprint density at radius 3 is 2.88 bits per heavy atom. The lowest BCUT2D eigenvalue weighted by Gasteiger charge is -2.08. The van der Waals surface area contributed by atoms with Gasteiger partial charge in [0.25, 0.3) is 0 Å². The van der Waals surface area contributed by atoms with Crippen molar-refractivity contribution in [1.82, 2.24) is 4.57 Å². The highest BCUT2D eigenvalue weighted by molar-refractivity contribution is 5.86. The minimum Gasteiger partial charge on any atom is -0.477 e. The molecule has 1 aromatic carbocycles. The largest absolute Gasteiger partial charge is 0.477 e. The van der Waals surface area contributed by atoms with Crippen molar-refractivity contribution < 1.29 is 14.6 Å². The fraction of sp³-hybridized carbons (Fsp3) is 0.154. The van der Waals surface area contributed by atoms with Gasteiger partial charge in [0.1, 0.15) is 5.69 Å². The summed E-state index contributed by atoms with van der Waals surface area (Å²) in [7, 11) is 1.63. The molecule has 2 aromatic rings. The molecule has 0 amide bonds. The lowest BCUT2D eigenvalue weighted by Crippen LogP contribution is -2.05. The first kappa shape index (κ1) is 11.4. The van der Waals surface area contributed by atoms with E-state index >= 15 is 0 Å². The van der Waals surface area contributed by atoms with Crippen molar-refractivity contribution in [2.24, 2.45) is 0 Å². The van der Waals surface area contributed by atoms with E-state index in [4.69, 9.17) is 9.84 Å². The molecular weight excluding hydrogens is 218 g/mol. The molecule has 1 N–H and O–H groups in total. The zero-order chi connectivity index (χ0) is 12.3. The Morgan fingerprint density at radius 2 is 2.18 bits per heavy atom. The summed E-state index contributed by atoms with van der Waals surface area (Å²) in [6.45, 7) is 0.511. The molecular formula is C13H13NO3. The summed E-state index contributed by atoms with van der Waals surface area (Å²) in [4.78, 5) is 11.0. The number of carboxylic acids is 1. The molecule has 0 fully saturated rings. The zero-order valence-corrected chi connectivity index (χ0v) is 9.46. The van der Waals surface area contributed by atoms with Gasteiger partial charge >= 0.3 is 5.97 Å². The zero-order valence-electron chi connectivity index (χ0n) is 9.46. The van der Waals surface area contributed by atoms with Gasteiger partial charge < -0.3 is 14.4 Å². The summed E-state index contributed by atoms with van der Waals surface area (Å²) in [5.74, 6) is -0.938. The quantitative estimate of drug-likeness (QED) is 0.878. The summed E-state index contributed by atoms with van der Waals surface area (Å²) >= 11 is 0. The van der Waals surface area contributed by atoms with Gasteiger partial charge in [-0.05, 0) is 29.8 Å². The molecule has 0 aliphatic carbocycles. The van der Waals surface area contributed by atoms with E-state index in [1.54, 1.807) is 30.0 Å². The third-order valence-corrected chi connectivity index (χ3v) is 2.47. The third kappa shape index (κ3) is 2.37. The smallest absolute Gasteiger partial charge is 0.352 e. The van der Waals surface area contributed by atoms with Crippen molar-refractivity contribution >= 4 is 5.97 Å². The molecule has 17 heavy (non-hydrogen) atoms. The number of carboxylic acid groups (broad SMARTS) is 1. The normalized spacial score (nSPS) is 10.4. The van der Waals surface area contributed by atoms with E-state index < -0.39 is 5.97 Å². The second-order valence-corrected chi connectivity index (χ2v) is 3.67. The molecule has 88 valence electrons. The Morgan fingerprint density at radius 1 is 1.35 bits per heavy atom. The number of hydrogen-bond acceptors (Lipinski definition) is 2. The highest BCUT2D eigenvalue weighted by Gasteiger charge is 2.09. The average molecular weight is 231 g/mol. The molecule has 0 atom stereocenters. The molecule has 1 heterocycles. The van der Waals surface area contributed by atoms with Crippen LogP contribution in [0.15, 0.2) is 42.6 Å². The van der Waals surface area contributed by atoms with E-state index in [0.29, 0.717) is 6.61 Å². The minimum atomic E-state index is -0.938. The fourth-order valence-electron chi connectivity index (χ4n) is 1.74. The number of carbonyl (C=O) groups is 1. The lowest BCUT2D eigenvalue weighted by molar-refractivity contribution is 0.0688. The summed E-state index contributed by atoms with van der Waals surface area (Å²) in [5, 5.41) is 9.04. The van der Waals surface area contributed by atoms with Gasteiger partial charge in [-0.25, -0.2) is 4.79 Å². The SMILES string of the molecule is COCc1cccc(-n2cccc2C(=O)O)c1. The van der Waals surface area contributed by atoms with E-state index in [1.807, 2.05) is 24.3 Å². The van der Waals surface area contributed by atoms with Crippen LogP contribution in [0.3, 0.4) is 0 Å². The standard InChI is InChI=1S/C13H13NO3/c1-17-9-10-4-2-5-11(8-10)14-7-3-6-12(14)13(15)16/h2-8H,9H2,1H3,(H,15,16). The van der Waals surface area contributed by atoms with Gasteiger partial charge in [0.2, 0.25) is 0 Å². The maximum atomic E-state index is 11.0. The summed E-state index contributed by atoms with van der Waals surface area (Å²) in [6, 6.07) is 10.9. The van der Waals surface area contributed by atoms with E-state index in [9.17, 15) is 4.79 Å². The molecule has 4 nitrogen and oxygen atoms in total. The minimum absolute atomic E-state index is 0.250. The monoisotopic (exact) mass is 231 g/mol. The predicted molar refractivity (Wildman–Crippen MR) is 63.4 cm³/mol. The van der Waals surface area contributed by atoms with Gasteiger partial charge in [-0.15, -0.1) is 0 Å². The van der Waals surface area contributed by atoms with Gasteiger partial charge in [-0.1, -0.05) is 12.1 Å². The Balaban J connectivity index is 2.42. The summed E-state index contributed by atoms with van der Waals surface area (Å²) in [6.07, 6.45) is 1.73. The van der Waals surface area contributed by atoms with Crippen molar-refractivity contribution in [3.63, 3.8) is 0 Å². The molecule has 4 heteroatoms. The number of ether oxygens (including phenoxy) is 1. The second kappa shape index (κ2) is 4.84. The summed E-state index contributed by atoms with van der Waals surface area (Å²) in [5.41, 5.74) is 2.08. The molecule has 0 spiro atoms. The molecule has 0 saturated heterocycles. The number of nitrogens with zero attached hydrogens (tertiary/aromatic N) is 1. The Labute approximate surface area is 99.1 Å². The average Bonchev–Trinajstić information content (AvgIpc) is 2.79. The molecule has 0 aliphatic heterocycles. The van der Waals surface area contributed by atoms with Crippen molar-refractivity contribution in [2.45, 2.75) is 6.61 Å². The van der Waals surface area contributed by atoms with Gasteiger partial charge in [-0.3, -0.25) is 0 Å². The molecule has 0 saturated carbocycles. The predicted octanol–water partition coefficient (Wildman–Crippen LogP) is 2.32. The van der Waals surface area contributed by atoms with Gasteiger partial charge in [0, 0.05) is 19.0 Å². The van der Waals surface area contributed by atoms with Crippen LogP contribution in [0.2, 0.25) is 0 Å². The first-order valence-electron chi connectivity index (χ1n) is 5.21. The summed E-state index contributed by atoms with van der Waals surface area (Å²) < 4.78 is 6.69. The number of rotatable bonds is 4. The van der Waals surface area contributed by atoms with E-state index in [0.717, 1.165) is 11.3 Å². The van der Waals surface area contributed by atoms with Crippen LogP contribution in [-0.2, 0) is 11.3 Å². The molecule has 1 aromatic heterocycles. The maximum Gasteiger partial charge on any atom is 0.352 e. The van der Waals surface area contributed by atoms with Crippen LogP contribution in [0.5, 0.6) is 0 Å². The van der Waals surface area contributed by atoms with Crippen LogP contribution in [0.4, 0.5) is 0 Å². The second-order valence-electron chi connectivity index (χ2n) is 3.67. The molecule has 0 unspecified atom stereocenters. The van der Waals surface area contributed by atoms with Crippen molar-refractivity contribution in [3.05, 3.63) is 53.9 Å². The fourth-order valence-corrected chi connectivity index (χ4v) is 1.74. The first-order chi connectivity index (χ1) is 8.22. The number of hydrogen-bond donors (Lipinski definition) is 1. The molecule has 0 radical (unpaired) electrons. The highest BCUT2D eigenvalue weighted by atomic mass is 16.5. The van der Waals surface area contributed by atoms with Crippen LogP contribution >= 0.6 is 0 Å². The van der Waals surface area contributed by atoms with Crippen LogP contribution in [0, 0.1) is 0 Å². The van der Waals surface area contributed by atoms with Crippen LogP contribution in [0.1, 0.15) is 16.1 Å². The molecule has 0 aliphatic rings. The third-order valence-electron chi connectivity index (χ3n) is 2.47. The Hall–Kier alpha value is -2.07. The maximum absolute atomic E-state index is 11.0. The lowest BCUT2D eigenvalue weighted by atomic mass is 10.2. The van der Waals surface area contributed by atoms with Gasteiger partial charge in [0.15, 0.2) is 0 Å². The number of aromatic carboxylic acids is 1. The van der Waals surface area contributed by atoms with Crippen LogP contribution in [-0.4, -0.2) is 22.8 Å². The van der Waals surface area contributed by atoms with E-state index in [-0.39, 0.29) is 5.69 Å². The molecule has 2 rings (SSSR count). The van der Waals surface area contributed by atoms with Crippen LogP contribution < -0.4 is 0 Å². The van der Waals surface area contributed by atoms with Gasteiger partial charge in [-0.2, -0.15) is 0 Å². The van der Waals surface area contributed by atoms with Crippen molar-refractivity contribution in [2.75, 3.05) is 7.11 Å². The Bertz CT molecular complexity index is 531. The molecule has 0 bridgehead atoms. The van der Waals surface area contributed by atoms with Crippen LogP contribution in [0.25, 0.3) is 5.69 Å². The van der Waals surface area contributed by atoms with Gasteiger partial charge in [0.05, 0.1) is 6.61 Å². The van der Waals surface area contributed by atoms with Crippen molar-refractivity contribution in [1.29, 1.82) is 0 Å². The van der Waals surface area contributed by atoms with E-state index in [1.165, 1.54) is 0 Å². The number of methoxy groups -OCH3 is 1. The first-order valence-corrected chi connectivity index (χ1v) is 5.21.